The van der Waals surface area contributed by atoms with Gasteiger partial charge in [0.05, 0.1) is 17.4 Å². The Kier molecular flexibility index (Phi) is 3.92. The molecule has 21 heavy (non-hydrogen) atoms. The minimum absolute atomic E-state index is 1.02. The van der Waals surface area contributed by atoms with Crippen LogP contribution in [0.2, 0.25) is 0 Å². The highest BCUT2D eigenvalue weighted by Gasteiger charge is 2.38. The first kappa shape index (κ1) is 14.6. The molecule has 0 amide bonds. The van der Waals surface area contributed by atoms with Crippen LogP contribution in [0.1, 0.15) is 0 Å². The van der Waals surface area contributed by atoms with Gasteiger partial charge in [0.25, 0.3) is 0 Å². The van der Waals surface area contributed by atoms with Crippen LogP contribution in [0, 0.1) is 0 Å². The van der Waals surface area contributed by atoms with Gasteiger partial charge >= 0.3 is 12.1 Å². The summed E-state index contributed by atoms with van der Waals surface area (Å²) in [6.45, 7) is 0. The Balaban J connectivity index is 0.000000199. The number of H-pyrrole nitrogens is 2. The number of aromatic amines is 2. The smallest absolute Gasteiger partial charge is 0.475 e. The van der Waals surface area contributed by atoms with E-state index in [9.17, 15) is 13.2 Å². The summed E-state index contributed by atoms with van der Waals surface area (Å²) in [6, 6.07) is 3.94. The highest BCUT2D eigenvalue weighted by molar-refractivity contribution is 5.93. The van der Waals surface area contributed by atoms with E-state index in [1.165, 1.54) is 0 Å². The number of carboxylic acid groups (broad SMARTS) is 1. The van der Waals surface area contributed by atoms with E-state index in [1.807, 2.05) is 24.5 Å². The molecule has 0 aliphatic rings. The minimum Gasteiger partial charge on any atom is -0.475 e. The van der Waals surface area contributed by atoms with Crippen molar-refractivity contribution < 1.29 is 23.1 Å². The van der Waals surface area contributed by atoms with Gasteiger partial charge in [-0.15, -0.1) is 0 Å². The molecule has 9 heteroatoms. The van der Waals surface area contributed by atoms with Crippen LogP contribution in [-0.4, -0.2) is 37.4 Å². The maximum absolute atomic E-state index is 10.6. The summed E-state index contributed by atoms with van der Waals surface area (Å²) in [6.07, 6.45) is 2.22. The molecule has 0 radical (unpaired) electrons. The van der Waals surface area contributed by atoms with Crippen LogP contribution in [0.3, 0.4) is 0 Å². The number of aliphatic carboxylic acids is 1. The second kappa shape index (κ2) is 5.65. The normalized spacial score (nSPS) is 11.0. The van der Waals surface area contributed by atoms with Crippen molar-refractivity contribution in [2.75, 3.05) is 0 Å². The van der Waals surface area contributed by atoms with Crippen molar-refractivity contribution in [1.29, 1.82) is 0 Å². The summed E-state index contributed by atoms with van der Waals surface area (Å²) in [4.78, 5) is 16.1. The molecule has 3 N–H and O–H groups in total. The number of halogens is 3. The number of rotatable bonds is 1. The van der Waals surface area contributed by atoms with E-state index in [0.29, 0.717) is 0 Å². The first-order valence-electron chi connectivity index (χ1n) is 5.60. The number of nitrogens with zero attached hydrogens (tertiary/aromatic N) is 2. The zero-order valence-corrected chi connectivity index (χ0v) is 10.3. The molecule has 0 saturated carbocycles. The quantitative estimate of drug-likeness (QED) is 0.643. The molecule has 0 aliphatic carbocycles. The Hall–Kier alpha value is -2.84. The van der Waals surface area contributed by atoms with E-state index in [-0.39, 0.29) is 0 Å². The van der Waals surface area contributed by atoms with Crippen LogP contribution >= 0.6 is 0 Å². The monoisotopic (exact) mass is 298 g/mol. The SMILES string of the molecule is O=C(O)C(F)(F)F.c1cc2c(-c3ccn[nH]3)c[nH]c2cn1. The van der Waals surface area contributed by atoms with Crippen molar-refractivity contribution >= 4 is 16.9 Å². The number of pyridine rings is 1. The Labute approximate surface area is 115 Å². The number of hydrogen-bond donors (Lipinski definition) is 3. The summed E-state index contributed by atoms with van der Waals surface area (Å²) < 4.78 is 31.7. The molecular weight excluding hydrogens is 289 g/mol. The second-order valence-electron chi connectivity index (χ2n) is 3.90. The molecule has 0 saturated heterocycles. The van der Waals surface area contributed by atoms with Crippen LogP contribution < -0.4 is 0 Å². The lowest BCUT2D eigenvalue weighted by atomic mass is 10.1. The summed E-state index contributed by atoms with van der Waals surface area (Å²) in [5, 5.41) is 15.2. The lowest BCUT2D eigenvalue weighted by Crippen LogP contribution is -2.21. The molecule has 0 fully saturated rings. The third-order valence-electron chi connectivity index (χ3n) is 2.52. The molecule has 0 aliphatic heterocycles. The standard InChI is InChI=1S/C10H8N4.C2HF3O2/c1-3-11-6-10-7(1)8(5-12-10)9-2-4-13-14-9;3-2(4,5)1(6)7/h1-6,12H,(H,13,14);(H,6,7). The number of carbonyl (C=O) groups is 1. The maximum Gasteiger partial charge on any atom is 0.490 e. The molecule has 3 heterocycles. The molecule has 0 spiro atoms. The highest BCUT2D eigenvalue weighted by atomic mass is 19.4. The van der Waals surface area contributed by atoms with Crippen molar-refractivity contribution in [1.82, 2.24) is 20.2 Å². The largest absolute Gasteiger partial charge is 0.490 e. The van der Waals surface area contributed by atoms with Gasteiger partial charge in [-0.05, 0) is 12.1 Å². The van der Waals surface area contributed by atoms with Gasteiger partial charge in [0, 0.05) is 29.5 Å². The van der Waals surface area contributed by atoms with Gasteiger partial charge in [0.2, 0.25) is 0 Å². The molecule has 0 unspecified atom stereocenters. The van der Waals surface area contributed by atoms with Crippen LogP contribution in [0.25, 0.3) is 22.2 Å². The molecule has 3 aromatic rings. The number of aromatic nitrogens is 4. The van der Waals surface area contributed by atoms with Crippen molar-refractivity contribution in [2.45, 2.75) is 6.18 Å². The van der Waals surface area contributed by atoms with Crippen molar-refractivity contribution in [3.05, 3.63) is 36.9 Å². The molecule has 0 bridgehead atoms. The van der Waals surface area contributed by atoms with Gasteiger partial charge in [-0.3, -0.25) is 10.1 Å². The topological polar surface area (TPSA) is 94.7 Å². The molecule has 6 nitrogen and oxygen atoms in total. The van der Waals surface area contributed by atoms with Gasteiger partial charge in [0.15, 0.2) is 0 Å². The zero-order valence-electron chi connectivity index (χ0n) is 10.3. The Morgan fingerprint density at radius 1 is 1.24 bits per heavy atom. The molecule has 0 aromatic carbocycles. The summed E-state index contributed by atoms with van der Waals surface area (Å²) >= 11 is 0. The molecular formula is C12H9F3N4O2. The van der Waals surface area contributed by atoms with Gasteiger partial charge in [-0.2, -0.15) is 18.3 Å². The average molecular weight is 298 g/mol. The van der Waals surface area contributed by atoms with Gasteiger partial charge in [-0.1, -0.05) is 0 Å². The van der Waals surface area contributed by atoms with Crippen molar-refractivity contribution in [3.63, 3.8) is 0 Å². The zero-order chi connectivity index (χ0) is 15.5. The van der Waals surface area contributed by atoms with E-state index in [0.717, 1.165) is 22.2 Å². The summed E-state index contributed by atoms with van der Waals surface area (Å²) in [5.41, 5.74) is 3.18. The van der Waals surface area contributed by atoms with Crippen molar-refractivity contribution in [2.24, 2.45) is 0 Å². The van der Waals surface area contributed by atoms with E-state index >= 15 is 0 Å². The van der Waals surface area contributed by atoms with E-state index in [4.69, 9.17) is 9.90 Å². The first-order valence-corrected chi connectivity index (χ1v) is 5.60. The Morgan fingerprint density at radius 3 is 2.52 bits per heavy atom. The molecule has 3 aromatic heterocycles. The maximum atomic E-state index is 10.6. The summed E-state index contributed by atoms with van der Waals surface area (Å²) in [7, 11) is 0. The van der Waals surface area contributed by atoms with Gasteiger partial charge in [0.1, 0.15) is 0 Å². The Morgan fingerprint density at radius 2 is 1.95 bits per heavy atom. The third-order valence-corrected chi connectivity index (χ3v) is 2.52. The molecule has 110 valence electrons. The number of carboxylic acids is 1. The predicted octanol–water partition coefficient (Wildman–Crippen LogP) is 2.59. The highest BCUT2D eigenvalue weighted by Crippen LogP contribution is 2.25. The number of hydrogen-bond acceptors (Lipinski definition) is 3. The fraction of sp³-hybridized carbons (Fsp3) is 0.0833. The van der Waals surface area contributed by atoms with Crippen LogP contribution in [0.4, 0.5) is 13.2 Å². The van der Waals surface area contributed by atoms with Crippen molar-refractivity contribution in [3.8, 4) is 11.3 Å². The lowest BCUT2D eigenvalue weighted by Gasteiger charge is -1.93. The van der Waals surface area contributed by atoms with Gasteiger partial charge < -0.3 is 10.1 Å². The van der Waals surface area contributed by atoms with Crippen LogP contribution in [0.15, 0.2) is 36.9 Å². The van der Waals surface area contributed by atoms with E-state index in [2.05, 4.69) is 20.2 Å². The van der Waals surface area contributed by atoms with E-state index < -0.39 is 12.1 Å². The predicted molar refractivity (Wildman–Crippen MR) is 67.4 cm³/mol. The fourth-order valence-corrected chi connectivity index (χ4v) is 1.60. The van der Waals surface area contributed by atoms with Crippen LogP contribution in [-0.2, 0) is 4.79 Å². The Bertz CT molecular complexity index is 734. The van der Waals surface area contributed by atoms with Gasteiger partial charge in [-0.25, -0.2) is 4.79 Å². The second-order valence-corrected chi connectivity index (χ2v) is 3.90. The summed E-state index contributed by atoms with van der Waals surface area (Å²) in [5.74, 6) is -2.76. The molecule has 3 rings (SSSR count). The first-order chi connectivity index (χ1) is 9.89. The minimum atomic E-state index is -5.08. The third kappa shape index (κ3) is 3.38. The van der Waals surface area contributed by atoms with E-state index in [1.54, 1.807) is 12.4 Å². The fourth-order valence-electron chi connectivity index (χ4n) is 1.60. The molecule has 0 atom stereocenters. The lowest BCUT2D eigenvalue weighted by molar-refractivity contribution is -0.192. The number of fused-ring (bicyclic) bond motifs is 1. The number of alkyl halides is 3. The average Bonchev–Trinajstić information content (AvgIpc) is 3.07. The van der Waals surface area contributed by atoms with Crippen LogP contribution in [0.5, 0.6) is 0 Å². The number of nitrogens with one attached hydrogen (secondary N) is 2.